The summed E-state index contributed by atoms with van der Waals surface area (Å²) in [6.07, 6.45) is 0. The fourth-order valence-corrected chi connectivity index (χ4v) is 7.28. The van der Waals surface area contributed by atoms with Crippen molar-refractivity contribution in [3.05, 3.63) is 120 Å². The largest absolute Gasteiger partial charge is 0.311 e. The minimum absolute atomic E-state index is 0.0352. The predicted octanol–water partition coefficient (Wildman–Crippen LogP) is 8.21. The van der Waals surface area contributed by atoms with E-state index in [1.54, 1.807) is 0 Å². The zero-order chi connectivity index (χ0) is 30.5. The summed E-state index contributed by atoms with van der Waals surface area (Å²) >= 11 is 0. The highest BCUT2D eigenvalue weighted by atomic mass is 15.2. The van der Waals surface area contributed by atoms with Gasteiger partial charge in [0, 0.05) is 28.3 Å². The summed E-state index contributed by atoms with van der Waals surface area (Å²) in [5.41, 5.74) is 16.4. The van der Waals surface area contributed by atoms with Crippen LogP contribution in [0.4, 0.5) is 17.1 Å². The maximum absolute atomic E-state index is 5.27. The molecule has 0 N–H and O–H groups in total. The van der Waals surface area contributed by atoms with Crippen molar-refractivity contribution >= 4 is 51.2 Å². The van der Waals surface area contributed by atoms with Crippen molar-refractivity contribution in [3.63, 3.8) is 0 Å². The monoisotopic (exact) mass is 571 g/mol. The van der Waals surface area contributed by atoms with Gasteiger partial charge < -0.3 is 4.90 Å². The van der Waals surface area contributed by atoms with Crippen LogP contribution in [0.5, 0.6) is 0 Å². The van der Waals surface area contributed by atoms with Gasteiger partial charge in [-0.1, -0.05) is 108 Å². The van der Waals surface area contributed by atoms with E-state index in [0.29, 0.717) is 0 Å². The summed E-state index contributed by atoms with van der Waals surface area (Å²) in [4.78, 5) is 7.77. The van der Waals surface area contributed by atoms with Crippen molar-refractivity contribution in [2.75, 3.05) is 4.90 Å². The van der Waals surface area contributed by atoms with Crippen LogP contribution in [-0.4, -0.2) is 16.3 Å². The van der Waals surface area contributed by atoms with E-state index < -0.39 is 0 Å². The van der Waals surface area contributed by atoms with E-state index in [2.05, 4.69) is 161 Å². The van der Waals surface area contributed by atoms with Gasteiger partial charge in [-0.15, -0.1) is 0 Å². The molecule has 6 aromatic rings. The van der Waals surface area contributed by atoms with Crippen molar-refractivity contribution in [1.82, 2.24) is 9.55 Å². The summed E-state index contributed by atoms with van der Waals surface area (Å²) in [6, 6.07) is 38.4. The van der Waals surface area contributed by atoms with Crippen LogP contribution in [0.25, 0.3) is 28.1 Å². The summed E-state index contributed by atoms with van der Waals surface area (Å²) in [6.45, 7) is 16.1. The van der Waals surface area contributed by atoms with E-state index in [4.69, 9.17) is 4.98 Å². The maximum Gasteiger partial charge on any atom is 0.252 e. The van der Waals surface area contributed by atoms with Crippen molar-refractivity contribution in [1.29, 1.82) is 0 Å². The second-order valence-corrected chi connectivity index (χ2v) is 14.7. The maximum atomic E-state index is 5.27. The third-order valence-corrected chi connectivity index (χ3v) is 9.54. The van der Waals surface area contributed by atoms with Gasteiger partial charge in [-0.3, -0.25) is 4.57 Å². The number of benzene rings is 5. The average molecular weight is 572 g/mol. The summed E-state index contributed by atoms with van der Waals surface area (Å²) < 4.78 is 2.43. The molecule has 0 saturated heterocycles. The molecule has 8 rings (SSSR count). The molecule has 0 bridgehead atoms. The van der Waals surface area contributed by atoms with Crippen LogP contribution in [0, 0.1) is 6.92 Å². The molecule has 5 aromatic carbocycles. The van der Waals surface area contributed by atoms with Crippen molar-refractivity contribution in [2.24, 2.45) is 0 Å². The van der Waals surface area contributed by atoms with Crippen LogP contribution < -0.4 is 21.3 Å². The Balaban J connectivity index is 1.48. The number of imidazole rings is 1. The molecule has 0 fully saturated rings. The minimum Gasteiger partial charge on any atom is -0.311 e. The van der Waals surface area contributed by atoms with Crippen LogP contribution >= 0.6 is 0 Å². The lowest BCUT2D eigenvalue weighted by Gasteiger charge is -2.41. The molecule has 3 nitrogen and oxygen atoms in total. The molecule has 4 heteroatoms. The molecule has 0 unspecified atom stereocenters. The van der Waals surface area contributed by atoms with Crippen LogP contribution in [0.15, 0.2) is 103 Å². The van der Waals surface area contributed by atoms with Crippen LogP contribution in [0.1, 0.15) is 58.2 Å². The molecule has 1 aromatic heterocycles. The number of nitrogens with zero attached hydrogens (tertiary/aromatic N) is 3. The SMILES string of the molecule is Cc1cc2c3c(c1)-n1c(-c4ccccc4)nc4cccc(c41)B3c1cc(C(C)(C)C)ccc1N2c1ccc(C(C)(C)C)cc1. The summed E-state index contributed by atoms with van der Waals surface area (Å²) in [7, 11) is 0. The molecule has 0 atom stereocenters. The number of hydrogen-bond acceptors (Lipinski definition) is 2. The first-order valence-corrected chi connectivity index (χ1v) is 15.8. The molecule has 2 aliphatic heterocycles. The van der Waals surface area contributed by atoms with Gasteiger partial charge in [0.1, 0.15) is 5.82 Å². The lowest BCUT2D eigenvalue weighted by Crippen LogP contribution is -2.60. The van der Waals surface area contributed by atoms with Gasteiger partial charge in [0.15, 0.2) is 0 Å². The van der Waals surface area contributed by atoms with Crippen molar-refractivity contribution in [3.8, 4) is 17.1 Å². The van der Waals surface area contributed by atoms with Crippen molar-refractivity contribution in [2.45, 2.75) is 59.3 Å². The molecule has 0 aliphatic carbocycles. The van der Waals surface area contributed by atoms with Gasteiger partial charge in [-0.25, -0.2) is 4.98 Å². The zero-order valence-electron chi connectivity index (χ0n) is 26.7. The van der Waals surface area contributed by atoms with Crippen LogP contribution in [0.3, 0.4) is 0 Å². The number of anilines is 3. The first-order chi connectivity index (χ1) is 21.0. The fourth-order valence-electron chi connectivity index (χ4n) is 7.28. The Morgan fingerprint density at radius 1 is 0.614 bits per heavy atom. The molecule has 0 radical (unpaired) electrons. The Hall–Kier alpha value is -4.57. The first kappa shape index (κ1) is 27.0. The van der Waals surface area contributed by atoms with Crippen LogP contribution in [-0.2, 0) is 10.8 Å². The van der Waals surface area contributed by atoms with E-state index in [1.807, 2.05) is 0 Å². The van der Waals surface area contributed by atoms with E-state index >= 15 is 0 Å². The van der Waals surface area contributed by atoms with Gasteiger partial charge in [-0.05, 0) is 87.2 Å². The molecular formula is C40H38BN3. The Bertz CT molecular complexity index is 2090. The number of hydrogen-bond donors (Lipinski definition) is 0. The topological polar surface area (TPSA) is 21.1 Å². The Morgan fingerprint density at radius 3 is 2.00 bits per heavy atom. The highest BCUT2D eigenvalue weighted by molar-refractivity contribution is 7.00. The van der Waals surface area contributed by atoms with E-state index in [9.17, 15) is 0 Å². The molecular weight excluding hydrogens is 533 g/mol. The molecule has 0 spiro atoms. The average Bonchev–Trinajstić information content (AvgIpc) is 3.39. The van der Waals surface area contributed by atoms with Gasteiger partial charge in [-0.2, -0.15) is 0 Å². The van der Waals surface area contributed by atoms with E-state index in [-0.39, 0.29) is 17.5 Å². The Morgan fingerprint density at radius 2 is 1.30 bits per heavy atom. The predicted molar refractivity (Wildman–Crippen MR) is 188 cm³/mol. The summed E-state index contributed by atoms with van der Waals surface area (Å²) in [5.74, 6) is 0.995. The second kappa shape index (κ2) is 9.22. The highest BCUT2D eigenvalue weighted by Crippen LogP contribution is 2.42. The molecule has 0 saturated carbocycles. The number of fused-ring (bicyclic) bond motifs is 4. The van der Waals surface area contributed by atoms with Gasteiger partial charge in [0.25, 0.3) is 6.71 Å². The zero-order valence-corrected chi connectivity index (χ0v) is 26.7. The third-order valence-electron chi connectivity index (χ3n) is 9.54. The summed E-state index contributed by atoms with van der Waals surface area (Å²) in [5, 5.41) is 0. The lowest BCUT2D eigenvalue weighted by molar-refractivity contribution is 0.590. The fraction of sp³-hybridized carbons (Fsp3) is 0.225. The normalized spacial score (nSPS) is 13.7. The van der Waals surface area contributed by atoms with E-state index in [0.717, 1.165) is 16.9 Å². The van der Waals surface area contributed by atoms with Crippen LogP contribution in [0.2, 0.25) is 0 Å². The number of aromatic nitrogens is 2. The lowest BCUT2D eigenvalue weighted by atomic mass is 9.33. The quantitative estimate of drug-likeness (QED) is 0.195. The standard InChI is InChI=1S/C40H38BN3/c1-25-22-34-36-35(23-25)44-37-30(14-11-15-32(37)42-38(44)26-12-9-8-10-13-26)41(36)31-24-28(40(5,6)7)18-21-33(31)43(34)29-19-16-27(17-20-29)39(2,3)4/h8-24H,1-7H3. The Kier molecular flexibility index (Phi) is 5.66. The number of aryl methyl sites for hydroxylation is 1. The molecule has 3 heterocycles. The molecule has 44 heavy (non-hydrogen) atoms. The second-order valence-electron chi connectivity index (χ2n) is 14.7. The van der Waals surface area contributed by atoms with Crippen molar-refractivity contribution < 1.29 is 0 Å². The number of rotatable bonds is 2. The highest BCUT2D eigenvalue weighted by Gasteiger charge is 2.43. The van der Waals surface area contributed by atoms with E-state index in [1.165, 1.54) is 61.3 Å². The molecule has 2 aliphatic rings. The smallest absolute Gasteiger partial charge is 0.252 e. The van der Waals surface area contributed by atoms with Gasteiger partial charge in [0.05, 0.1) is 11.0 Å². The van der Waals surface area contributed by atoms with Gasteiger partial charge in [0.2, 0.25) is 0 Å². The Labute approximate surface area is 261 Å². The first-order valence-electron chi connectivity index (χ1n) is 15.8. The molecule has 216 valence electrons. The third kappa shape index (κ3) is 3.93. The number of para-hydroxylation sites is 1. The minimum atomic E-state index is 0.0352. The molecule has 0 amide bonds. The van der Waals surface area contributed by atoms with Gasteiger partial charge >= 0.3 is 0 Å².